The number of nitrogens with one attached hydrogen (secondary N) is 1. The van der Waals surface area contributed by atoms with Gasteiger partial charge in [-0.2, -0.15) is 13.2 Å². The highest BCUT2D eigenvalue weighted by molar-refractivity contribution is 7.19. The Morgan fingerprint density at radius 3 is 2.48 bits per heavy atom. The Hall–Kier alpha value is -3.72. The first-order chi connectivity index (χ1) is 15.8. The largest absolute Gasteiger partial charge is 0.416 e. The number of benzene rings is 2. The van der Waals surface area contributed by atoms with Crippen molar-refractivity contribution in [2.45, 2.75) is 19.6 Å². The van der Waals surface area contributed by atoms with E-state index in [1.54, 1.807) is 30.6 Å². The molecule has 2 aromatic carbocycles. The number of carbonyl (C=O) groups excluding carboxylic acids is 1. The number of carbonyl (C=O) groups is 1. The molecule has 0 saturated carbocycles. The van der Waals surface area contributed by atoms with Crippen molar-refractivity contribution in [1.29, 1.82) is 0 Å². The molecule has 33 heavy (non-hydrogen) atoms. The maximum absolute atomic E-state index is 13.0. The molecule has 0 bridgehead atoms. The standard InChI is InChI=1S/C24H17F3N4OS/c1-14-30-22-21(33-14)19-12-16(23(32)29-13-15-8-10-28-11-9-15)2-7-20(19)31(22)18-5-3-17(4-6-18)24(25,26)27/h2-12H,13H2,1H3,(H,29,32). The Balaban J connectivity index is 1.55. The molecular weight excluding hydrogens is 449 g/mol. The predicted molar refractivity (Wildman–Crippen MR) is 122 cm³/mol. The van der Waals surface area contributed by atoms with E-state index in [-0.39, 0.29) is 5.91 Å². The van der Waals surface area contributed by atoms with Crippen LogP contribution in [0, 0.1) is 6.92 Å². The summed E-state index contributed by atoms with van der Waals surface area (Å²) in [5.41, 5.74) is 2.72. The van der Waals surface area contributed by atoms with Gasteiger partial charge in [-0.3, -0.25) is 14.3 Å². The van der Waals surface area contributed by atoms with Crippen molar-refractivity contribution in [2.24, 2.45) is 0 Å². The summed E-state index contributed by atoms with van der Waals surface area (Å²) < 4.78 is 41.7. The van der Waals surface area contributed by atoms with Crippen LogP contribution in [-0.4, -0.2) is 20.4 Å². The second-order valence-corrected chi connectivity index (χ2v) is 8.74. The first-order valence-electron chi connectivity index (χ1n) is 10.1. The molecule has 166 valence electrons. The molecular formula is C24H17F3N4OS. The normalized spacial score (nSPS) is 11.9. The quantitative estimate of drug-likeness (QED) is 0.359. The van der Waals surface area contributed by atoms with Gasteiger partial charge in [-0.1, -0.05) is 0 Å². The van der Waals surface area contributed by atoms with Crippen molar-refractivity contribution in [3.05, 3.63) is 88.7 Å². The molecule has 5 aromatic rings. The van der Waals surface area contributed by atoms with Crippen LogP contribution in [0.5, 0.6) is 0 Å². The SMILES string of the molecule is Cc1nc2c(s1)c1cc(C(=O)NCc3ccncc3)ccc1n2-c1ccc(C(F)(F)F)cc1. The van der Waals surface area contributed by atoms with Crippen molar-refractivity contribution in [3.63, 3.8) is 0 Å². The number of rotatable bonds is 4. The fourth-order valence-electron chi connectivity index (χ4n) is 3.76. The highest BCUT2D eigenvalue weighted by Crippen LogP contribution is 2.37. The topological polar surface area (TPSA) is 59.8 Å². The molecule has 0 radical (unpaired) electrons. The summed E-state index contributed by atoms with van der Waals surface area (Å²) in [4.78, 5) is 21.3. The minimum absolute atomic E-state index is 0.217. The van der Waals surface area contributed by atoms with Gasteiger partial charge in [0.05, 0.1) is 20.8 Å². The molecule has 0 atom stereocenters. The molecule has 5 nitrogen and oxygen atoms in total. The van der Waals surface area contributed by atoms with Gasteiger partial charge in [0.15, 0.2) is 5.65 Å². The van der Waals surface area contributed by atoms with Crippen LogP contribution in [-0.2, 0) is 12.7 Å². The van der Waals surface area contributed by atoms with Gasteiger partial charge in [0.2, 0.25) is 0 Å². The van der Waals surface area contributed by atoms with Crippen LogP contribution in [0.1, 0.15) is 26.5 Å². The Morgan fingerprint density at radius 2 is 1.79 bits per heavy atom. The van der Waals surface area contributed by atoms with Gasteiger partial charge >= 0.3 is 6.18 Å². The average Bonchev–Trinajstić information content (AvgIpc) is 3.32. The lowest BCUT2D eigenvalue weighted by Crippen LogP contribution is -2.22. The summed E-state index contributed by atoms with van der Waals surface area (Å²) in [6, 6.07) is 14.0. The third-order valence-electron chi connectivity index (χ3n) is 5.33. The minimum atomic E-state index is -4.40. The van der Waals surface area contributed by atoms with Crippen molar-refractivity contribution in [1.82, 2.24) is 19.9 Å². The number of thiazole rings is 1. The van der Waals surface area contributed by atoms with E-state index in [4.69, 9.17) is 0 Å². The smallest absolute Gasteiger partial charge is 0.348 e. The zero-order valence-corrected chi connectivity index (χ0v) is 18.2. The van der Waals surface area contributed by atoms with Crippen LogP contribution < -0.4 is 5.32 Å². The Labute approximate surface area is 190 Å². The first-order valence-corrected chi connectivity index (χ1v) is 10.9. The van der Waals surface area contributed by atoms with Gasteiger partial charge in [0.1, 0.15) is 0 Å². The number of nitrogens with zero attached hydrogens (tertiary/aromatic N) is 3. The summed E-state index contributed by atoms with van der Waals surface area (Å²) in [6.07, 6.45) is -1.07. The minimum Gasteiger partial charge on any atom is -0.348 e. The van der Waals surface area contributed by atoms with E-state index in [1.807, 2.05) is 23.6 Å². The van der Waals surface area contributed by atoms with Crippen LogP contribution in [0.25, 0.3) is 26.9 Å². The summed E-state index contributed by atoms with van der Waals surface area (Å²) in [5.74, 6) is -0.217. The molecule has 3 heterocycles. The number of hydrogen-bond donors (Lipinski definition) is 1. The van der Waals surface area contributed by atoms with Crippen LogP contribution in [0.2, 0.25) is 0 Å². The lowest BCUT2D eigenvalue weighted by Gasteiger charge is -2.10. The monoisotopic (exact) mass is 466 g/mol. The second kappa shape index (κ2) is 8.00. The van der Waals surface area contributed by atoms with Crippen LogP contribution in [0.15, 0.2) is 67.0 Å². The second-order valence-electron chi connectivity index (χ2n) is 7.54. The van der Waals surface area contributed by atoms with E-state index in [0.717, 1.165) is 38.3 Å². The number of aromatic nitrogens is 3. The van der Waals surface area contributed by atoms with Crippen molar-refractivity contribution in [2.75, 3.05) is 0 Å². The van der Waals surface area contributed by atoms with Gasteiger partial charge < -0.3 is 5.32 Å². The van der Waals surface area contributed by atoms with Crippen molar-refractivity contribution < 1.29 is 18.0 Å². The van der Waals surface area contributed by atoms with E-state index >= 15 is 0 Å². The van der Waals surface area contributed by atoms with Crippen molar-refractivity contribution >= 4 is 38.5 Å². The third kappa shape index (κ3) is 3.95. The number of alkyl halides is 3. The average molecular weight is 466 g/mol. The Kier molecular flexibility index (Phi) is 5.13. The Bertz CT molecular complexity index is 1470. The molecule has 0 fully saturated rings. The lowest BCUT2D eigenvalue weighted by atomic mass is 10.1. The predicted octanol–water partition coefficient (Wildman–Crippen LogP) is 5.89. The molecule has 0 saturated heterocycles. The van der Waals surface area contributed by atoms with Crippen LogP contribution in [0.4, 0.5) is 13.2 Å². The van der Waals surface area contributed by atoms with Gasteiger partial charge in [-0.15, -0.1) is 11.3 Å². The molecule has 3 aromatic heterocycles. The number of halogens is 3. The van der Waals surface area contributed by atoms with E-state index in [1.165, 1.54) is 23.5 Å². The van der Waals surface area contributed by atoms with E-state index in [0.29, 0.717) is 23.4 Å². The third-order valence-corrected chi connectivity index (χ3v) is 6.32. The fourth-order valence-corrected chi connectivity index (χ4v) is 4.69. The van der Waals surface area contributed by atoms with E-state index in [2.05, 4.69) is 15.3 Å². The molecule has 0 aliphatic carbocycles. The number of pyridine rings is 1. The first kappa shape index (κ1) is 21.1. The molecule has 0 aliphatic heterocycles. The van der Waals surface area contributed by atoms with Gasteiger partial charge in [0.25, 0.3) is 5.91 Å². The Morgan fingerprint density at radius 1 is 1.06 bits per heavy atom. The van der Waals surface area contributed by atoms with Crippen LogP contribution >= 0.6 is 11.3 Å². The van der Waals surface area contributed by atoms with E-state index < -0.39 is 11.7 Å². The maximum atomic E-state index is 13.0. The molecule has 9 heteroatoms. The van der Waals surface area contributed by atoms with Gasteiger partial charge in [-0.25, -0.2) is 4.98 Å². The molecule has 1 amide bonds. The summed E-state index contributed by atoms with van der Waals surface area (Å²) in [7, 11) is 0. The van der Waals surface area contributed by atoms with Crippen molar-refractivity contribution in [3.8, 4) is 5.69 Å². The highest BCUT2D eigenvalue weighted by Gasteiger charge is 2.30. The molecule has 5 rings (SSSR count). The molecule has 0 aliphatic rings. The number of fused-ring (bicyclic) bond motifs is 3. The lowest BCUT2D eigenvalue weighted by molar-refractivity contribution is -0.137. The molecule has 0 unspecified atom stereocenters. The van der Waals surface area contributed by atoms with Gasteiger partial charge in [0, 0.05) is 35.6 Å². The number of aryl methyl sites for hydroxylation is 1. The zero-order chi connectivity index (χ0) is 23.2. The number of amides is 1. The summed E-state index contributed by atoms with van der Waals surface area (Å²) >= 11 is 1.48. The maximum Gasteiger partial charge on any atom is 0.416 e. The summed E-state index contributed by atoms with van der Waals surface area (Å²) in [6.45, 7) is 2.25. The fraction of sp³-hybridized carbons (Fsp3) is 0.125. The molecule has 0 spiro atoms. The molecule has 1 N–H and O–H groups in total. The highest BCUT2D eigenvalue weighted by atomic mass is 32.1. The summed E-state index contributed by atoms with van der Waals surface area (Å²) in [5, 5.41) is 4.55. The van der Waals surface area contributed by atoms with Crippen LogP contribution in [0.3, 0.4) is 0 Å². The van der Waals surface area contributed by atoms with E-state index in [9.17, 15) is 18.0 Å². The number of hydrogen-bond acceptors (Lipinski definition) is 4. The zero-order valence-electron chi connectivity index (χ0n) is 17.3. The van der Waals surface area contributed by atoms with Gasteiger partial charge in [-0.05, 0) is 67.1 Å².